The number of alkyl halides is 3. The maximum absolute atomic E-state index is 12.8. The van der Waals surface area contributed by atoms with E-state index in [1.165, 1.54) is 6.07 Å². The van der Waals surface area contributed by atoms with Gasteiger partial charge in [0, 0.05) is 24.4 Å². The topological polar surface area (TPSA) is 63.7 Å². The number of nitrogens with zero attached hydrogens (tertiary/aromatic N) is 1. The highest BCUT2D eigenvalue weighted by atomic mass is 35.5. The summed E-state index contributed by atoms with van der Waals surface area (Å²) in [7, 11) is -3.69. The second-order valence-corrected chi connectivity index (χ2v) is 9.01. The molecule has 1 amide bonds. The van der Waals surface area contributed by atoms with Crippen LogP contribution in [0.4, 0.5) is 13.2 Å². The van der Waals surface area contributed by atoms with E-state index < -0.39 is 27.6 Å². The van der Waals surface area contributed by atoms with Gasteiger partial charge >= 0.3 is 12.1 Å². The molecule has 2 fully saturated rings. The van der Waals surface area contributed by atoms with Gasteiger partial charge in [-0.15, -0.1) is 0 Å². The van der Waals surface area contributed by atoms with Crippen molar-refractivity contribution >= 4 is 39.2 Å². The van der Waals surface area contributed by atoms with E-state index in [4.69, 9.17) is 27.4 Å². The minimum Gasteiger partial charge on any atom is -0.334 e. The van der Waals surface area contributed by atoms with Gasteiger partial charge < -0.3 is 4.90 Å². The molecule has 1 saturated carbocycles. The molecule has 0 radical (unpaired) electrons. The van der Waals surface area contributed by atoms with Crippen molar-refractivity contribution in [3.05, 3.63) is 33.8 Å². The van der Waals surface area contributed by atoms with Crippen molar-refractivity contribution in [2.24, 2.45) is 11.8 Å². The van der Waals surface area contributed by atoms with E-state index in [2.05, 4.69) is 0 Å². The van der Waals surface area contributed by atoms with E-state index in [1.807, 2.05) is 0 Å². The number of rotatable bonds is 4. The van der Waals surface area contributed by atoms with E-state index in [0.29, 0.717) is 5.56 Å². The fourth-order valence-corrected chi connectivity index (χ4v) is 4.54. The summed E-state index contributed by atoms with van der Waals surface area (Å²) in [6.45, 7) is -0.486. The summed E-state index contributed by atoms with van der Waals surface area (Å²) in [6, 6.07) is 4.69. The van der Waals surface area contributed by atoms with Gasteiger partial charge in [-0.05, 0) is 23.6 Å². The Balaban J connectivity index is 1.90. The first-order chi connectivity index (χ1) is 11.9. The Labute approximate surface area is 158 Å². The lowest BCUT2D eigenvalue weighted by molar-refractivity contribution is -0.185. The van der Waals surface area contributed by atoms with Crippen LogP contribution in [-0.2, 0) is 24.5 Å². The first-order valence-corrected chi connectivity index (χ1v) is 10.1. The van der Waals surface area contributed by atoms with E-state index >= 15 is 0 Å². The van der Waals surface area contributed by atoms with Gasteiger partial charge in [0.2, 0.25) is 0 Å². The molecule has 144 valence electrons. The van der Waals surface area contributed by atoms with Gasteiger partial charge in [-0.3, -0.25) is 8.98 Å². The van der Waals surface area contributed by atoms with E-state index in [1.54, 1.807) is 12.1 Å². The smallest absolute Gasteiger partial charge is 0.334 e. The largest absolute Gasteiger partial charge is 0.471 e. The summed E-state index contributed by atoms with van der Waals surface area (Å²) in [6.07, 6.45) is -4.06. The van der Waals surface area contributed by atoms with E-state index in [9.17, 15) is 26.4 Å². The Hall–Kier alpha value is -1.03. The van der Waals surface area contributed by atoms with E-state index in [-0.39, 0.29) is 41.6 Å². The number of hydrogen-bond donors (Lipinski definition) is 0. The number of likely N-dealkylation sites (tertiary alicyclic amines) is 1. The molecule has 0 aromatic heterocycles. The lowest BCUT2D eigenvalue weighted by Crippen LogP contribution is -2.43. The Kier molecular flexibility index (Phi) is 4.74. The molecule has 0 spiro atoms. The number of fused-ring (bicyclic) bond motifs is 1. The Morgan fingerprint density at radius 1 is 1.35 bits per heavy atom. The van der Waals surface area contributed by atoms with Crippen molar-refractivity contribution in [2.45, 2.75) is 11.6 Å². The van der Waals surface area contributed by atoms with Crippen molar-refractivity contribution in [1.82, 2.24) is 4.90 Å². The van der Waals surface area contributed by atoms with Crippen LogP contribution in [0.25, 0.3) is 0 Å². The molecular formula is C15H14Cl2F3NO4S. The fraction of sp³-hybridized carbons (Fsp3) is 0.533. The molecule has 3 atom stereocenters. The standard InChI is InChI=1S/C15H14Cl2F3NO4S/c1-26(23,24)25-6-10-9-5-21(13(22)15(18,19)20)7-14(9,10)8-2-3-11(16)12(17)4-8/h2-4,9-10H,5-7H2,1H3/t9-,10-,14+/m0/s1. The van der Waals surface area contributed by atoms with Crippen molar-refractivity contribution in [3.63, 3.8) is 0 Å². The second-order valence-electron chi connectivity index (χ2n) is 6.55. The third-order valence-corrected chi connectivity index (χ3v) is 6.32. The molecule has 0 unspecified atom stereocenters. The Bertz CT molecular complexity index is 861. The van der Waals surface area contributed by atoms with Crippen LogP contribution in [0, 0.1) is 11.8 Å². The average molecular weight is 432 g/mol. The summed E-state index contributed by atoms with van der Waals surface area (Å²) < 4.78 is 65.6. The van der Waals surface area contributed by atoms with Gasteiger partial charge in [-0.1, -0.05) is 29.3 Å². The highest BCUT2D eigenvalue weighted by Crippen LogP contribution is 2.64. The molecule has 5 nitrogen and oxygen atoms in total. The average Bonchev–Trinajstić information content (AvgIpc) is 2.92. The van der Waals surface area contributed by atoms with Crippen LogP contribution in [-0.4, -0.2) is 51.4 Å². The predicted molar refractivity (Wildman–Crippen MR) is 88.6 cm³/mol. The SMILES string of the molecule is CS(=O)(=O)OC[C@H]1[C@@H]2CN(C(=O)C(F)(F)F)C[C@]12c1ccc(Cl)c(Cl)c1. The minimum absolute atomic E-state index is 0.129. The number of piperidine rings is 1. The molecule has 1 aromatic rings. The number of halogens is 5. The number of carbonyl (C=O) groups is 1. The molecule has 1 aliphatic carbocycles. The fourth-order valence-electron chi connectivity index (χ4n) is 3.85. The molecule has 11 heteroatoms. The number of amides is 1. The monoisotopic (exact) mass is 431 g/mol. The second kappa shape index (κ2) is 6.25. The maximum atomic E-state index is 12.8. The van der Waals surface area contributed by atoms with Crippen molar-refractivity contribution in [2.75, 3.05) is 26.0 Å². The summed E-state index contributed by atoms with van der Waals surface area (Å²) in [5.74, 6) is -2.61. The minimum atomic E-state index is -4.96. The zero-order chi connectivity index (χ0) is 19.5. The molecular weight excluding hydrogens is 418 g/mol. The highest BCUT2D eigenvalue weighted by molar-refractivity contribution is 7.85. The lowest BCUT2D eigenvalue weighted by atomic mass is 9.93. The van der Waals surface area contributed by atoms with E-state index in [0.717, 1.165) is 11.2 Å². The summed E-state index contributed by atoms with van der Waals surface area (Å²) >= 11 is 11.9. The third kappa shape index (κ3) is 3.42. The number of carbonyl (C=O) groups excluding carboxylic acids is 1. The van der Waals surface area contributed by atoms with Crippen LogP contribution in [0.15, 0.2) is 18.2 Å². The van der Waals surface area contributed by atoms with Crippen molar-refractivity contribution < 1.29 is 30.6 Å². The summed E-state index contributed by atoms with van der Waals surface area (Å²) in [4.78, 5) is 12.3. The van der Waals surface area contributed by atoms with Gasteiger partial charge in [-0.2, -0.15) is 21.6 Å². The Morgan fingerprint density at radius 2 is 2.00 bits per heavy atom. The quantitative estimate of drug-likeness (QED) is 0.687. The molecule has 1 saturated heterocycles. The zero-order valence-corrected chi connectivity index (χ0v) is 15.7. The summed E-state index contributed by atoms with van der Waals surface area (Å²) in [5.41, 5.74) is -0.226. The van der Waals surface area contributed by atoms with Gasteiger partial charge in [0.1, 0.15) is 0 Å². The van der Waals surface area contributed by atoms with Crippen LogP contribution in [0.5, 0.6) is 0 Å². The van der Waals surface area contributed by atoms with Gasteiger partial charge in [-0.25, -0.2) is 0 Å². The predicted octanol–water partition coefficient (Wildman–Crippen LogP) is 2.86. The molecule has 1 heterocycles. The highest BCUT2D eigenvalue weighted by Gasteiger charge is 2.71. The lowest BCUT2D eigenvalue weighted by Gasteiger charge is -2.25. The first kappa shape index (κ1) is 19.7. The van der Waals surface area contributed by atoms with Crippen molar-refractivity contribution in [1.29, 1.82) is 0 Å². The van der Waals surface area contributed by atoms with Crippen molar-refractivity contribution in [3.8, 4) is 0 Å². The normalized spacial score (nSPS) is 28.2. The van der Waals surface area contributed by atoms with Gasteiger partial charge in [0.25, 0.3) is 10.1 Å². The molecule has 3 rings (SSSR count). The number of hydrogen-bond acceptors (Lipinski definition) is 4. The zero-order valence-electron chi connectivity index (χ0n) is 13.4. The van der Waals surface area contributed by atoms with Crippen LogP contribution in [0.1, 0.15) is 5.56 Å². The molecule has 1 aliphatic heterocycles. The number of benzene rings is 1. The molecule has 0 bridgehead atoms. The van der Waals surface area contributed by atoms with Crippen LogP contribution < -0.4 is 0 Å². The van der Waals surface area contributed by atoms with Crippen LogP contribution in [0.2, 0.25) is 10.0 Å². The third-order valence-electron chi connectivity index (χ3n) is 5.02. The molecule has 1 aromatic carbocycles. The molecule has 26 heavy (non-hydrogen) atoms. The van der Waals surface area contributed by atoms with Gasteiger partial charge in [0.05, 0.1) is 22.9 Å². The van der Waals surface area contributed by atoms with Crippen LogP contribution in [0.3, 0.4) is 0 Å². The maximum Gasteiger partial charge on any atom is 0.471 e. The van der Waals surface area contributed by atoms with Crippen LogP contribution >= 0.6 is 23.2 Å². The molecule has 0 N–H and O–H groups in total. The first-order valence-electron chi connectivity index (χ1n) is 7.52. The Morgan fingerprint density at radius 3 is 2.54 bits per heavy atom. The van der Waals surface area contributed by atoms with Gasteiger partial charge in [0.15, 0.2) is 0 Å². The summed E-state index contributed by atoms with van der Waals surface area (Å²) in [5, 5.41) is 0.516. The molecule has 2 aliphatic rings.